The molecule has 0 saturated carbocycles. The zero-order chi connectivity index (χ0) is 24.4. The van der Waals surface area contributed by atoms with Gasteiger partial charge in [-0.05, 0) is 28.7 Å². The molecule has 3 N–H and O–H groups in total. The van der Waals surface area contributed by atoms with Crippen LogP contribution in [0.15, 0.2) is 53.9 Å². The van der Waals surface area contributed by atoms with E-state index < -0.39 is 24.1 Å². The van der Waals surface area contributed by atoms with Crippen LogP contribution in [0, 0.1) is 5.92 Å². The molecule has 0 bridgehead atoms. The lowest BCUT2D eigenvalue weighted by Gasteiger charge is -2.14. The van der Waals surface area contributed by atoms with E-state index in [1.807, 2.05) is 36.4 Å². The monoisotopic (exact) mass is 493 g/mol. The van der Waals surface area contributed by atoms with E-state index >= 15 is 0 Å². The van der Waals surface area contributed by atoms with Gasteiger partial charge in [0.2, 0.25) is 0 Å². The van der Waals surface area contributed by atoms with Gasteiger partial charge in [0.05, 0.1) is 0 Å². The third-order valence-corrected chi connectivity index (χ3v) is 7.03. The Morgan fingerprint density at radius 2 is 1.77 bits per heavy atom. The fourth-order valence-electron chi connectivity index (χ4n) is 4.59. The maximum Gasteiger partial charge on any atom is 0.413 e. The number of carboxylic acid groups (broad SMARTS) is 1. The molecule has 2 unspecified atom stereocenters. The number of nitrogens with zero attached hydrogens (tertiary/aromatic N) is 1. The zero-order valence-electron chi connectivity index (χ0n) is 18.6. The summed E-state index contributed by atoms with van der Waals surface area (Å²) in [7, 11) is 0. The highest BCUT2D eigenvalue weighted by Gasteiger charge is 2.34. The Bertz CT molecular complexity index is 1230. The lowest BCUT2D eigenvalue weighted by molar-refractivity contribution is -0.149. The SMILES string of the molecule is O=C(Nc1nc(C(=O)NCC2CCOC2C(=O)O)cs1)OCC1c2ccccc2-c2ccccc21. The molecular formula is C25H23N3O6S. The summed E-state index contributed by atoms with van der Waals surface area (Å²) in [5.41, 5.74) is 4.66. The molecule has 0 radical (unpaired) electrons. The van der Waals surface area contributed by atoms with Gasteiger partial charge in [-0.3, -0.25) is 10.1 Å². The van der Waals surface area contributed by atoms with Crippen LogP contribution in [0.25, 0.3) is 11.1 Å². The van der Waals surface area contributed by atoms with Crippen molar-refractivity contribution in [3.05, 3.63) is 70.7 Å². The highest BCUT2D eigenvalue weighted by atomic mass is 32.1. The van der Waals surface area contributed by atoms with E-state index in [0.29, 0.717) is 13.0 Å². The number of benzene rings is 2. The molecular weight excluding hydrogens is 470 g/mol. The van der Waals surface area contributed by atoms with Crippen molar-refractivity contribution in [3.63, 3.8) is 0 Å². The molecule has 0 spiro atoms. The fourth-order valence-corrected chi connectivity index (χ4v) is 5.26. The molecule has 2 heterocycles. The van der Waals surface area contributed by atoms with Crippen LogP contribution in [-0.4, -0.2) is 53.9 Å². The number of hydrogen-bond acceptors (Lipinski definition) is 7. The standard InChI is InChI=1S/C25H23N3O6S/c29-22(26-11-14-9-10-33-21(14)23(30)31)20-13-35-24(27-20)28-25(32)34-12-19-17-7-3-1-5-15(17)16-6-2-4-8-18(16)19/h1-8,13-14,19,21H,9-12H2,(H,26,29)(H,30,31)(H,27,28,32). The molecule has 3 aromatic rings. The normalized spacial score (nSPS) is 18.5. The summed E-state index contributed by atoms with van der Waals surface area (Å²) in [6.07, 6.45) is -1.01. The molecule has 2 aromatic carbocycles. The second-order valence-electron chi connectivity index (χ2n) is 8.38. The first-order chi connectivity index (χ1) is 17.0. The first-order valence-electron chi connectivity index (χ1n) is 11.2. The number of rotatable bonds is 7. The first-order valence-corrected chi connectivity index (χ1v) is 12.1. The van der Waals surface area contributed by atoms with Gasteiger partial charge in [0.15, 0.2) is 11.2 Å². The molecule has 1 fully saturated rings. The third-order valence-electron chi connectivity index (χ3n) is 6.27. The van der Waals surface area contributed by atoms with Crippen molar-refractivity contribution in [1.29, 1.82) is 0 Å². The number of carbonyl (C=O) groups excluding carboxylic acids is 2. The van der Waals surface area contributed by atoms with E-state index in [1.54, 1.807) is 0 Å². The van der Waals surface area contributed by atoms with Crippen LogP contribution in [0.2, 0.25) is 0 Å². The van der Waals surface area contributed by atoms with Crippen LogP contribution in [0.5, 0.6) is 0 Å². The van der Waals surface area contributed by atoms with Gasteiger partial charge in [-0.15, -0.1) is 11.3 Å². The Labute approximate surface area is 205 Å². The number of carboxylic acids is 1. The molecule has 10 heteroatoms. The molecule has 1 aliphatic carbocycles. The maximum atomic E-state index is 12.4. The van der Waals surface area contributed by atoms with Gasteiger partial charge in [0, 0.05) is 30.4 Å². The van der Waals surface area contributed by atoms with Gasteiger partial charge in [-0.25, -0.2) is 14.6 Å². The molecule has 1 aromatic heterocycles. The Morgan fingerprint density at radius 1 is 1.09 bits per heavy atom. The number of amides is 2. The largest absolute Gasteiger partial charge is 0.479 e. The Hall–Kier alpha value is -3.76. The lowest BCUT2D eigenvalue weighted by atomic mass is 9.98. The molecule has 2 atom stereocenters. The molecule has 35 heavy (non-hydrogen) atoms. The summed E-state index contributed by atoms with van der Waals surface area (Å²) >= 11 is 1.10. The van der Waals surface area contributed by atoms with Crippen molar-refractivity contribution >= 4 is 34.4 Å². The van der Waals surface area contributed by atoms with Crippen molar-refractivity contribution in [2.24, 2.45) is 5.92 Å². The average molecular weight is 494 g/mol. The Kier molecular flexibility index (Phi) is 6.47. The maximum absolute atomic E-state index is 12.4. The number of fused-ring (bicyclic) bond motifs is 3. The fraction of sp³-hybridized carbons (Fsp3) is 0.280. The van der Waals surface area contributed by atoms with Crippen molar-refractivity contribution in [2.75, 3.05) is 25.1 Å². The summed E-state index contributed by atoms with van der Waals surface area (Å²) in [4.78, 5) is 40.2. The quantitative estimate of drug-likeness (QED) is 0.458. The van der Waals surface area contributed by atoms with Crippen LogP contribution in [0.3, 0.4) is 0 Å². The average Bonchev–Trinajstić information content (AvgIpc) is 3.59. The van der Waals surface area contributed by atoms with Gasteiger partial charge in [-0.2, -0.15) is 0 Å². The van der Waals surface area contributed by atoms with Crippen molar-refractivity contribution in [2.45, 2.75) is 18.4 Å². The van der Waals surface area contributed by atoms with Gasteiger partial charge < -0.3 is 19.9 Å². The summed E-state index contributed by atoms with van der Waals surface area (Å²) < 4.78 is 10.7. The van der Waals surface area contributed by atoms with Crippen LogP contribution in [-0.2, 0) is 14.3 Å². The van der Waals surface area contributed by atoms with Gasteiger partial charge in [-0.1, -0.05) is 48.5 Å². The number of ether oxygens (including phenoxy) is 2. The summed E-state index contributed by atoms with van der Waals surface area (Å²) in [5, 5.41) is 16.2. The summed E-state index contributed by atoms with van der Waals surface area (Å²) in [5.74, 6) is -1.84. The van der Waals surface area contributed by atoms with Crippen molar-refractivity contribution < 1.29 is 29.0 Å². The summed E-state index contributed by atoms with van der Waals surface area (Å²) in [6.45, 7) is 0.692. The number of hydrogen-bond donors (Lipinski definition) is 3. The molecule has 2 amide bonds. The third kappa shape index (κ3) is 4.75. The van der Waals surface area contributed by atoms with E-state index in [1.165, 1.54) is 5.38 Å². The lowest BCUT2D eigenvalue weighted by Crippen LogP contribution is -2.36. The number of aliphatic carboxylic acids is 1. The molecule has 9 nitrogen and oxygen atoms in total. The van der Waals surface area contributed by atoms with Gasteiger partial charge in [0.25, 0.3) is 5.91 Å². The minimum atomic E-state index is -1.04. The van der Waals surface area contributed by atoms with Crippen LogP contribution >= 0.6 is 11.3 Å². The number of anilines is 1. The highest BCUT2D eigenvalue weighted by molar-refractivity contribution is 7.14. The minimum absolute atomic E-state index is 0.0556. The van der Waals surface area contributed by atoms with E-state index in [0.717, 1.165) is 33.6 Å². The summed E-state index contributed by atoms with van der Waals surface area (Å²) in [6, 6.07) is 16.2. The van der Waals surface area contributed by atoms with E-state index in [9.17, 15) is 14.4 Å². The smallest absolute Gasteiger partial charge is 0.413 e. The highest BCUT2D eigenvalue weighted by Crippen LogP contribution is 2.44. The van der Waals surface area contributed by atoms with E-state index in [2.05, 4.69) is 27.8 Å². The number of nitrogens with one attached hydrogen (secondary N) is 2. The second kappa shape index (κ2) is 9.85. The Morgan fingerprint density at radius 3 is 2.46 bits per heavy atom. The second-order valence-corrected chi connectivity index (χ2v) is 9.23. The minimum Gasteiger partial charge on any atom is -0.479 e. The topological polar surface area (TPSA) is 127 Å². The molecule has 180 valence electrons. The number of thiazole rings is 1. The van der Waals surface area contributed by atoms with E-state index in [-0.39, 0.29) is 35.8 Å². The number of aromatic nitrogens is 1. The van der Waals surface area contributed by atoms with E-state index in [4.69, 9.17) is 14.6 Å². The Balaban J connectivity index is 1.15. The van der Waals surface area contributed by atoms with Gasteiger partial charge >= 0.3 is 12.1 Å². The van der Waals surface area contributed by atoms with Crippen LogP contribution < -0.4 is 10.6 Å². The van der Waals surface area contributed by atoms with Crippen molar-refractivity contribution in [1.82, 2.24) is 10.3 Å². The molecule has 2 aliphatic rings. The predicted octanol–water partition coefficient (Wildman–Crippen LogP) is 3.72. The molecule has 5 rings (SSSR count). The zero-order valence-corrected chi connectivity index (χ0v) is 19.4. The number of carbonyl (C=O) groups is 3. The van der Waals surface area contributed by atoms with Crippen LogP contribution in [0.1, 0.15) is 34.0 Å². The van der Waals surface area contributed by atoms with Gasteiger partial charge in [0.1, 0.15) is 12.3 Å². The van der Waals surface area contributed by atoms with Crippen LogP contribution in [0.4, 0.5) is 9.93 Å². The van der Waals surface area contributed by atoms with Crippen molar-refractivity contribution in [3.8, 4) is 11.1 Å². The molecule has 1 saturated heterocycles. The first kappa shape index (κ1) is 23.0. The predicted molar refractivity (Wildman–Crippen MR) is 129 cm³/mol. The molecule has 1 aliphatic heterocycles.